The van der Waals surface area contributed by atoms with E-state index in [1.54, 1.807) is 30.0 Å². The zero-order valence-corrected chi connectivity index (χ0v) is 19.7. The lowest BCUT2D eigenvalue weighted by Gasteiger charge is -2.49. The Morgan fingerprint density at radius 1 is 1.23 bits per heavy atom. The number of hydrogen-bond donors (Lipinski definition) is 1. The molecule has 1 N–H and O–H groups in total. The molecule has 0 aromatic heterocycles. The average molecular weight is 489 g/mol. The molecule has 0 radical (unpaired) electrons. The molecule has 6 heteroatoms. The Balaban J connectivity index is 1.75. The van der Waals surface area contributed by atoms with Crippen molar-refractivity contribution < 1.29 is 9.18 Å². The van der Waals surface area contributed by atoms with Gasteiger partial charge in [-0.2, -0.15) is 0 Å². The first-order chi connectivity index (χ1) is 14.3. The summed E-state index contributed by atoms with van der Waals surface area (Å²) in [5.41, 5.74) is 0.414. The molecule has 2 aromatic rings. The molecule has 1 amide bonds. The number of amidine groups is 1. The van der Waals surface area contributed by atoms with Crippen LogP contribution in [0.4, 0.5) is 4.39 Å². The highest BCUT2D eigenvalue weighted by Crippen LogP contribution is 2.55. The van der Waals surface area contributed by atoms with Crippen molar-refractivity contribution in [3.8, 4) is 0 Å². The molecule has 1 saturated carbocycles. The zero-order chi connectivity index (χ0) is 21.4. The molecule has 3 atom stereocenters. The first-order valence-corrected chi connectivity index (χ1v) is 12.0. The van der Waals surface area contributed by atoms with Crippen LogP contribution >= 0.6 is 27.7 Å². The van der Waals surface area contributed by atoms with Crippen molar-refractivity contribution >= 4 is 38.8 Å². The number of amides is 1. The summed E-state index contributed by atoms with van der Waals surface area (Å²) < 4.78 is 15.7. The number of carbonyl (C=O) groups is 1. The Bertz CT molecular complexity index is 982. The summed E-state index contributed by atoms with van der Waals surface area (Å²) in [4.78, 5) is 17.8. The quantitative estimate of drug-likeness (QED) is 0.512. The van der Waals surface area contributed by atoms with Gasteiger partial charge in [-0.1, -0.05) is 65.7 Å². The number of thioether (sulfide) groups is 1. The molecule has 2 aromatic carbocycles. The second-order valence-electron chi connectivity index (χ2n) is 8.63. The van der Waals surface area contributed by atoms with Crippen LogP contribution in [0.2, 0.25) is 0 Å². The van der Waals surface area contributed by atoms with E-state index in [0.29, 0.717) is 22.2 Å². The van der Waals surface area contributed by atoms with Crippen molar-refractivity contribution in [1.29, 1.82) is 0 Å². The molecule has 0 bridgehead atoms. The van der Waals surface area contributed by atoms with Crippen LogP contribution in [0.3, 0.4) is 0 Å². The summed E-state index contributed by atoms with van der Waals surface area (Å²) in [5, 5.41) is 3.61. The maximum atomic E-state index is 14.9. The van der Waals surface area contributed by atoms with Crippen LogP contribution in [0.1, 0.15) is 61.9 Å². The zero-order valence-electron chi connectivity index (χ0n) is 17.3. The number of aliphatic imine (C=N–C) groups is 1. The lowest BCUT2D eigenvalue weighted by atomic mass is 9.71. The number of hydrogen-bond acceptors (Lipinski definition) is 3. The second kappa shape index (κ2) is 8.46. The molecular formula is C24H26BrFN2OS. The maximum Gasteiger partial charge on any atom is 0.257 e. The molecule has 30 heavy (non-hydrogen) atoms. The minimum Gasteiger partial charge on any atom is -0.301 e. The molecule has 2 aliphatic rings. The van der Waals surface area contributed by atoms with Crippen LogP contribution in [0, 0.1) is 11.7 Å². The summed E-state index contributed by atoms with van der Waals surface area (Å²) >= 11 is 5.16. The first kappa shape index (κ1) is 21.6. The number of benzene rings is 2. The van der Waals surface area contributed by atoms with E-state index in [4.69, 9.17) is 4.99 Å². The molecule has 158 valence electrons. The summed E-state index contributed by atoms with van der Waals surface area (Å²) in [6.45, 7) is 4.28. The van der Waals surface area contributed by atoms with E-state index in [1.807, 2.05) is 31.2 Å². The van der Waals surface area contributed by atoms with Gasteiger partial charge in [0.05, 0.1) is 5.54 Å². The van der Waals surface area contributed by atoms with Crippen molar-refractivity contribution in [3.63, 3.8) is 0 Å². The van der Waals surface area contributed by atoms with Gasteiger partial charge < -0.3 is 5.32 Å². The van der Waals surface area contributed by atoms with Crippen molar-refractivity contribution in [2.75, 3.05) is 0 Å². The predicted octanol–water partition coefficient (Wildman–Crippen LogP) is 6.68. The van der Waals surface area contributed by atoms with Crippen LogP contribution in [0.15, 0.2) is 58.0 Å². The SMILES string of the molecule is CC1CCCCC12CC(C)(c1cc(Br)ccc1F)N=C(NC(=O)c1ccccc1)S2. The second-order valence-corrected chi connectivity index (χ2v) is 10.9. The minimum absolute atomic E-state index is 0.0667. The van der Waals surface area contributed by atoms with Crippen LogP contribution in [-0.4, -0.2) is 15.8 Å². The number of nitrogens with one attached hydrogen (secondary N) is 1. The summed E-state index contributed by atoms with van der Waals surface area (Å²) in [6.07, 6.45) is 5.31. The topological polar surface area (TPSA) is 41.5 Å². The van der Waals surface area contributed by atoms with E-state index < -0.39 is 5.54 Å². The van der Waals surface area contributed by atoms with Gasteiger partial charge in [0.15, 0.2) is 5.17 Å². The van der Waals surface area contributed by atoms with Gasteiger partial charge in [0.2, 0.25) is 0 Å². The highest BCUT2D eigenvalue weighted by atomic mass is 79.9. The van der Waals surface area contributed by atoms with Crippen molar-refractivity contribution in [3.05, 3.63) is 69.9 Å². The molecule has 1 heterocycles. The fraction of sp³-hybridized carbons (Fsp3) is 0.417. The first-order valence-electron chi connectivity index (χ1n) is 10.4. The van der Waals surface area contributed by atoms with E-state index in [1.165, 1.54) is 12.5 Å². The summed E-state index contributed by atoms with van der Waals surface area (Å²) in [7, 11) is 0. The molecule has 3 nitrogen and oxygen atoms in total. The Morgan fingerprint density at radius 3 is 2.73 bits per heavy atom. The third-order valence-corrected chi connectivity index (χ3v) is 8.48. The van der Waals surface area contributed by atoms with Crippen LogP contribution < -0.4 is 5.32 Å². The Hall–Kier alpha value is -1.66. The molecule has 4 rings (SSSR count). The monoisotopic (exact) mass is 488 g/mol. The van der Waals surface area contributed by atoms with E-state index in [0.717, 1.165) is 30.2 Å². The number of halogens is 2. The lowest BCUT2D eigenvalue weighted by molar-refractivity contribution is 0.0977. The summed E-state index contributed by atoms with van der Waals surface area (Å²) in [5.74, 6) is 0.0213. The van der Waals surface area contributed by atoms with Gasteiger partial charge in [0, 0.05) is 20.3 Å². The predicted molar refractivity (Wildman–Crippen MR) is 125 cm³/mol. The molecular weight excluding hydrogens is 463 g/mol. The maximum absolute atomic E-state index is 14.9. The number of carbonyl (C=O) groups excluding carboxylic acids is 1. The minimum atomic E-state index is -0.746. The molecule has 1 aliphatic heterocycles. The van der Waals surface area contributed by atoms with Gasteiger partial charge in [-0.25, -0.2) is 4.39 Å². The smallest absolute Gasteiger partial charge is 0.257 e. The van der Waals surface area contributed by atoms with Crippen molar-refractivity contribution in [1.82, 2.24) is 5.32 Å². The van der Waals surface area contributed by atoms with E-state index in [-0.39, 0.29) is 16.5 Å². The Morgan fingerprint density at radius 2 is 2.00 bits per heavy atom. The fourth-order valence-electron chi connectivity index (χ4n) is 4.77. The van der Waals surface area contributed by atoms with Gasteiger partial charge >= 0.3 is 0 Å². The third-order valence-electron chi connectivity index (χ3n) is 6.44. The molecule has 1 spiro atoms. The number of nitrogens with zero attached hydrogens (tertiary/aromatic N) is 1. The van der Waals surface area contributed by atoms with Gasteiger partial charge in [0.25, 0.3) is 5.91 Å². The van der Waals surface area contributed by atoms with E-state index >= 15 is 0 Å². The van der Waals surface area contributed by atoms with Gasteiger partial charge in [-0.3, -0.25) is 9.79 Å². The lowest BCUT2D eigenvalue weighted by Crippen LogP contribution is -2.49. The molecule has 3 unspecified atom stereocenters. The fourth-order valence-corrected chi connectivity index (χ4v) is 6.83. The highest BCUT2D eigenvalue weighted by molar-refractivity contribution is 9.10. The standard InChI is InChI=1S/C24H26BrFN2OS/c1-16-8-6-7-13-24(16)15-23(2,19-14-18(25)11-12-20(19)26)28-22(30-24)27-21(29)17-9-4-3-5-10-17/h3-5,9-12,14,16H,6-8,13,15H2,1-2H3,(H,27,28,29). The van der Waals surface area contributed by atoms with Gasteiger partial charge in [-0.05, 0) is 62.4 Å². The largest absolute Gasteiger partial charge is 0.301 e. The molecule has 0 saturated heterocycles. The molecule has 1 aliphatic carbocycles. The average Bonchev–Trinajstić information content (AvgIpc) is 2.72. The van der Waals surface area contributed by atoms with Crippen LogP contribution in [0.25, 0.3) is 0 Å². The third kappa shape index (κ3) is 4.22. The Labute approximate surface area is 190 Å². The van der Waals surface area contributed by atoms with Gasteiger partial charge in [0.1, 0.15) is 5.82 Å². The van der Waals surface area contributed by atoms with Crippen molar-refractivity contribution in [2.45, 2.75) is 56.2 Å². The normalized spacial score (nSPS) is 28.8. The summed E-state index contributed by atoms with van der Waals surface area (Å²) in [6, 6.07) is 14.2. The Kier molecular flexibility index (Phi) is 6.08. The molecule has 1 fully saturated rings. The van der Waals surface area contributed by atoms with Crippen molar-refractivity contribution in [2.24, 2.45) is 10.9 Å². The number of rotatable bonds is 2. The van der Waals surface area contributed by atoms with Crippen LogP contribution in [0.5, 0.6) is 0 Å². The van der Waals surface area contributed by atoms with E-state index in [2.05, 4.69) is 28.2 Å². The van der Waals surface area contributed by atoms with E-state index in [9.17, 15) is 9.18 Å². The van der Waals surface area contributed by atoms with Crippen LogP contribution in [-0.2, 0) is 5.54 Å². The van der Waals surface area contributed by atoms with Gasteiger partial charge in [-0.15, -0.1) is 0 Å². The highest BCUT2D eigenvalue weighted by Gasteiger charge is 2.50.